The maximum absolute atomic E-state index is 3.54. The third-order valence-corrected chi connectivity index (χ3v) is 4.18. The minimum absolute atomic E-state index is 0.787. The third-order valence-electron chi connectivity index (χ3n) is 2.54. The SMILES string of the molecule is CCNCc1cc(Br)ccc1SCCC(C)C. The van der Waals surface area contributed by atoms with E-state index in [0.29, 0.717) is 0 Å². The lowest BCUT2D eigenvalue weighted by atomic mass is 10.2. The van der Waals surface area contributed by atoms with Gasteiger partial charge in [-0.05, 0) is 48.4 Å². The molecule has 0 atom stereocenters. The molecule has 1 N–H and O–H groups in total. The maximum atomic E-state index is 3.54. The highest BCUT2D eigenvalue weighted by Gasteiger charge is 2.04. The van der Waals surface area contributed by atoms with Crippen LogP contribution >= 0.6 is 27.7 Å². The lowest BCUT2D eigenvalue weighted by Gasteiger charge is -2.11. The lowest BCUT2D eigenvalue weighted by Crippen LogP contribution is -2.12. The minimum atomic E-state index is 0.787. The molecule has 0 amide bonds. The standard InChI is InChI=1S/C14H22BrNS/c1-4-16-10-12-9-13(15)5-6-14(12)17-8-7-11(2)3/h5-6,9,11,16H,4,7-8,10H2,1-3H3. The molecular weight excluding hydrogens is 294 g/mol. The molecule has 0 aromatic heterocycles. The second-order valence-electron chi connectivity index (χ2n) is 4.56. The molecule has 1 rings (SSSR count). The van der Waals surface area contributed by atoms with E-state index >= 15 is 0 Å². The van der Waals surface area contributed by atoms with E-state index in [1.165, 1.54) is 27.1 Å². The Balaban J connectivity index is 2.62. The van der Waals surface area contributed by atoms with Gasteiger partial charge in [0.15, 0.2) is 0 Å². The number of hydrogen-bond acceptors (Lipinski definition) is 2. The highest BCUT2D eigenvalue weighted by molar-refractivity contribution is 9.10. The Kier molecular flexibility index (Phi) is 7.24. The first-order valence-electron chi connectivity index (χ1n) is 6.25. The van der Waals surface area contributed by atoms with Crippen molar-refractivity contribution in [3.63, 3.8) is 0 Å². The Morgan fingerprint density at radius 1 is 1.35 bits per heavy atom. The molecule has 0 fully saturated rings. The number of hydrogen-bond donors (Lipinski definition) is 1. The highest BCUT2D eigenvalue weighted by Crippen LogP contribution is 2.27. The fourth-order valence-electron chi connectivity index (χ4n) is 1.49. The summed E-state index contributed by atoms with van der Waals surface area (Å²) in [5.74, 6) is 1.99. The van der Waals surface area contributed by atoms with Crippen molar-refractivity contribution in [1.29, 1.82) is 0 Å². The van der Waals surface area contributed by atoms with Gasteiger partial charge in [0.1, 0.15) is 0 Å². The molecule has 1 aromatic carbocycles. The van der Waals surface area contributed by atoms with Crippen LogP contribution in [0.2, 0.25) is 0 Å². The lowest BCUT2D eigenvalue weighted by molar-refractivity contribution is 0.632. The maximum Gasteiger partial charge on any atom is 0.0216 e. The van der Waals surface area contributed by atoms with E-state index in [2.05, 4.69) is 60.2 Å². The van der Waals surface area contributed by atoms with Crippen molar-refractivity contribution >= 4 is 27.7 Å². The molecule has 0 saturated heterocycles. The van der Waals surface area contributed by atoms with Crippen LogP contribution in [0.1, 0.15) is 32.8 Å². The smallest absolute Gasteiger partial charge is 0.0216 e. The largest absolute Gasteiger partial charge is 0.313 e. The average molecular weight is 316 g/mol. The first kappa shape index (κ1) is 15.1. The molecule has 0 aliphatic rings. The second-order valence-corrected chi connectivity index (χ2v) is 6.62. The molecule has 0 aliphatic heterocycles. The van der Waals surface area contributed by atoms with Gasteiger partial charge >= 0.3 is 0 Å². The summed E-state index contributed by atoms with van der Waals surface area (Å²) in [5, 5.41) is 3.40. The van der Waals surface area contributed by atoms with E-state index < -0.39 is 0 Å². The molecule has 0 bridgehead atoms. The van der Waals surface area contributed by atoms with Crippen molar-refractivity contribution in [3.05, 3.63) is 28.2 Å². The van der Waals surface area contributed by atoms with Gasteiger partial charge < -0.3 is 5.32 Å². The van der Waals surface area contributed by atoms with Crippen molar-refractivity contribution in [2.75, 3.05) is 12.3 Å². The number of rotatable bonds is 7. The number of halogens is 1. The van der Waals surface area contributed by atoms with Gasteiger partial charge in [0.05, 0.1) is 0 Å². The molecule has 0 unspecified atom stereocenters. The fraction of sp³-hybridized carbons (Fsp3) is 0.571. The first-order valence-corrected chi connectivity index (χ1v) is 8.03. The van der Waals surface area contributed by atoms with E-state index in [-0.39, 0.29) is 0 Å². The Morgan fingerprint density at radius 3 is 2.76 bits per heavy atom. The Morgan fingerprint density at radius 2 is 2.12 bits per heavy atom. The van der Waals surface area contributed by atoms with Gasteiger partial charge in [0.25, 0.3) is 0 Å². The van der Waals surface area contributed by atoms with Crippen LogP contribution in [-0.2, 0) is 6.54 Å². The van der Waals surface area contributed by atoms with E-state index in [9.17, 15) is 0 Å². The number of thioether (sulfide) groups is 1. The third kappa shape index (κ3) is 5.94. The van der Waals surface area contributed by atoms with E-state index in [1.807, 2.05) is 11.8 Å². The summed E-state index contributed by atoms with van der Waals surface area (Å²) in [4.78, 5) is 1.41. The van der Waals surface area contributed by atoms with Gasteiger partial charge in [-0.25, -0.2) is 0 Å². The normalized spacial score (nSPS) is 11.1. The molecule has 1 aromatic rings. The van der Waals surface area contributed by atoms with Crippen molar-refractivity contribution in [3.8, 4) is 0 Å². The van der Waals surface area contributed by atoms with E-state index in [0.717, 1.165) is 19.0 Å². The summed E-state index contributed by atoms with van der Waals surface area (Å²) < 4.78 is 1.17. The quantitative estimate of drug-likeness (QED) is 0.732. The molecular formula is C14H22BrNS. The van der Waals surface area contributed by atoms with Crippen molar-refractivity contribution in [2.24, 2.45) is 5.92 Å². The summed E-state index contributed by atoms with van der Waals surface area (Å²) >= 11 is 5.52. The monoisotopic (exact) mass is 315 g/mol. The predicted molar refractivity (Wildman–Crippen MR) is 81.7 cm³/mol. The van der Waals surface area contributed by atoms with E-state index in [4.69, 9.17) is 0 Å². The fourth-order valence-corrected chi connectivity index (χ4v) is 3.19. The molecule has 0 radical (unpaired) electrons. The van der Waals surface area contributed by atoms with Crippen LogP contribution in [0.4, 0.5) is 0 Å². The topological polar surface area (TPSA) is 12.0 Å². The zero-order chi connectivity index (χ0) is 12.7. The zero-order valence-corrected chi connectivity index (χ0v) is 13.3. The van der Waals surface area contributed by atoms with Gasteiger partial charge in [-0.2, -0.15) is 0 Å². The van der Waals surface area contributed by atoms with Crippen molar-refractivity contribution < 1.29 is 0 Å². The average Bonchev–Trinajstić information content (AvgIpc) is 2.28. The number of nitrogens with one attached hydrogen (secondary N) is 1. The summed E-state index contributed by atoms with van der Waals surface area (Å²) in [6, 6.07) is 6.58. The summed E-state index contributed by atoms with van der Waals surface area (Å²) in [5.41, 5.74) is 1.40. The summed E-state index contributed by atoms with van der Waals surface area (Å²) in [6.07, 6.45) is 1.28. The minimum Gasteiger partial charge on any atom is -0.313 e. The first-order chi connectivity index (χ1) is 8.13. The highest BCUT2D eigenvalue weighted by atomic mass is 79.9. The van der Waals surface area contributed by atoms with Gasteiger partial charge in [-0.3, -0.25) is 0 Å². The van der Waals surface area contributed by atoms with Gasteiger partial charge in [-0.1, -0.05) is 36.7 Å². The number of benzene rings is 1. The molecule has 0 heterocycles. The summed E-state index contributed by atoms with van der Waals surface area (Å²) in [7, 11) is 0. The van der Waals surface area contributed by atoms with Crippen molar-refractivity contribution in [2.45, 2.75) is 38.6 Å². The second kappa shape index (κ2) is 8.17. The molecule has 1 nitrogen and oxygen atoms in total. The molecule has 0 saturated carbocycles. The molecule has 0 aliphatic carbocycles. The van der Waals surface area contributed by atoms with Gasteiger partial charge in [0.2, 0.25) is 0 Å². The van der Waals surface area contributed by atoms with E-state index in [1.54, 1.807) is 0 Å². The predicted octanol–water partition coefficient (Wildman–Crippen LogP) is 4.70. The molecule has 3 heteroatoms. The van der Waals surface area contributed by atoms with Crippen LogP contribution in [0.5, 0.6) is 0 Å². The molecule has 0 spiro atoms. The van der Waals surface area contributed by atoms with Crippen LogP contribution in [0.3, 0.4) is 0 Å². The molecule has 96 valence electrons. The van der Waals surface area contributed by atoms with Crippen LogP contribution in [0, 0.1) is 5.92 Å². The van der Waals surface area contributed by atoms with Crippen LogP contribution in [0.15, 0.2) is 27.6 Å². The van der Waals surface area contributed by atoms with Gasteiger partial charge in [0, 0.05) is 15.9 Å². The van der Waals surface area contributed by atoms with Crippen LogP contribution in [0.25, 0.3) is 0 Å². The Hall–Kier alpha value is 0.01000. The van der Waals surface area contributed by atoms with Crippen LogP contribution in [-0.4, -0.2) is 12.3 Å². The molecule has 17 heavy (non-hydrogen) atoms. The van der Waals surface area contributed by atoms with Gasteiger partial charge in [-0.15, -0.1) is 11.8 Å². The Bertz CT molecular complexity index is 339. The van der Waals surface area contributed by atoms with Crippen molar-refractivity contribution in [1.82, 2.24) is 5.32 Å². The zero-order valence-electron chi connectivity index (χ0n) is 10.9. The summed E-state index contributed by atoms with van der Waals surface area (Å²) in [6.45, 7) is 8.68. The van der Waals surface area contributed by atoms with Crippen LogP contribution < -0.4 is 5.32 Å². The Labute approximate surface area is 118 Å².